The SMILES string of the molecule is CCOC(=O)c1nn(S(=O)(=O)c2ccc(C)cc2)c(N)c1C#N. The normalized spacial score (nSPS) is 11.0. The highest BCUT2D eigenvalue weighted by Crippen LogP contribution is 2.23. The van der Waals surface area contributed by atoms with Crippen molar-refractivity contribution in [1.82, 2.24) is 9.19 Å². The summed E-state index contributed by atoms with van der Waals surface area (Å²) in [5.41, 5.74) is 5.81. The summed E-state index contributed by atoms with van der Waals surface area (Å²) in [4.78, 5) is 11.7. The van der Waals surface area contributed by atoms with E-state index in [-0.39, 0.29) is 17.1 Å². The molecule has 23 heavy (non-hydrogen) atoms. The van der Waals surface area contributed by atoms with E-state index in [9.17, 15) is 13.2 Å². The van der Waals surface area contributed by atoms with Gasteiger partial charge in [0.1, 0.15) is 11.6 Å². The van der Waals surface area contributed by atoms with Crippen molar-refractivity contribution in [2.45, 2.75) is 18.7 Å². The summed E-state index contributed by atoms with van der Waals surface area (Å²) in [7, 11) is -4.12. The molecule has 0 aliphatic rings. The second-order valence-electron chi connectivity index (χ2n) is 4.60. The van der Waals surface area contributed by atoms with Crippen LogP contribution >= 0.6 is 0 Å². The van der Waals surface area contributed by atoms with Gasteiger partial charge in [0.25, 0.3) is 10.0 Å². The van der Waals surface area contributed by atoms with Crippen LogP contribution in [0.25, 0.3) is 0 Å². The summed E-state index contributed by atoms with van der Waals surface area (Å²) >= 11 is 0. The molecule has 0 fully saturated rings. The van der Waals surface area contributed by atoms with Crippen LogP contribution in [0.4, 0.5) is 5.82 Å². The molecule has 0 spiro atoms. The number of benzene rings is 1. The molecule has 8 nitrogen and oxygen atoms in total. The maximum atomic E-state index is 12.6. The molecule has 9 heteroatoms. The summed E-state index contributed by atoms with van der Waals surface area (Å²) in [6, 6.07) is 7.69. The third-order valence-electron chi connectivity index (χ3n) is 3.02. The van der Waals surface area contributed by atoms with Gasteiger partial charge in [-0.3, -0.25) is 0 Å². The Bertz CT molecular complexity index is 892. The zero-order chi connectivity index (χ0) is 17.2. The van der Waals surface area contributed by atoms with Crippen LogP contribution in [0.1, 0.15) is 28.5 Å². The van der Waals surface area contributed by atoms with E-state index in [1.807, 2.05) is 6.92 Å². The van der Waals surface area contributed by atoms with Gasteiger partial charge >= 0.3 is 5.97 Å². The first-order chi connectivity index (χ1) is 10.8. The second kappa shape index (κ2) is 6.10. The largest absolute Gasteiger partial charge is 0.461 e. The summed E-state index contributed by atoms with van der Waals surface area (Å²) < 4.78 is 30.4. The summed E-state index contributed by atoms with van der Waals surface area (Å²) in [6.45, 7) is 3.44. The Labute approximate surface area is 133 Å². The van der Waals surface area contributed by atoms with Gasteiger partial charge in [0, 0.05) is 0 Å². The number of aryl methyl sites for hydroxylation is 1. The lowest BCUT2D eigenvalue weighted by Crippen LogP contribution is -2.17. The number of anilines is 1. The van der Waals surface area contributed by atoms with Gasteiger partial charge in [-0.25, -0.2) is 4.79 Å². The van der Waals surface area contributed by atoms with Gasteiger partial charge in [0.2, 0.25) is 0 Å². The molecule has 1 heterocycles. The van der Waals surface area contributed by atoms with Crippen molar-refractivity contribution in [1.29, 1.82) is 5.26 Å². The highest BCUT2D eigenvalue weighted by atomic mass is 32.2. The van der Waals surface area contributed by atoms with Crippen molar-refractivity contribution < 1.29 is 17.9 Å². The van der Waals surface area contributed by atoms with Crippen molar-refractivity contribution in [2.75, 3.05) is 12.3 Å². The number of rotatable bonds is 4. The molecule has 0 radical (unpaired) electrons. The Balaban J connectivity index is 2.62. The van der Waals surface area contributed by atoms with Gasteiger partial charge < -0.3 is 10.5 Å². The van der Waals surface area contributed by atoms with Crippen molar-refractivity contribution in [3.05, 3.63) is 41.1 Å². The van der Waals surface area contributed by atoms with Crippen LogP contribution in [0.5, 0.6) is 0 Å². The van der Waals surface area contributed by atoms with E-state index in [1.54, 1.807) is 25.1 Å². The lowest BCUT2D eigenvalue weighted by atomic mass is 10.2. The van der Waals surface area contributed by atoms with Crippen LogP contribution in [0.2, 0.25) is 0 Å². The van der Waals surface area contributed by atoms with Crippen LogP contribution in [-0.2, 0) is 14.8 Å². The topological polar surface area (TPSA) is 128 Å². The average Bonchev–Trinajstić information content (AvgIpc) is 2.85. The molecule has 0 bridgehead atoms. The second-order valence-corrected chi connectivity index (χ2v) is 6.37. The smallest absolute Gasteiger partial charge is 0.360 e. The molecule has 0 saturated carbocycles. The quantitative estimate of drug-likeness (QED) is 0.828. The zero-order valence-corrected chi connectivity index (χ0v) is 13.3. The van der Waals surface area contributed by atoms with E-state index < -0.39 is 27.5 Å². The van der Waals surface area contributed by atoms with Crippen molar-refractivity contribution in [3.63, 3.8) is 0 Å². The summed E-state index contributed by atoms with van der Waals surface area (Å²) in [5, 5.41) is 12.8. The number of hydrogen-bond acceptors (Lipinski definition) is 7. The number of carbonyl (C=O) groups excluding carboxylic acids is 1. The van der Waals surface area contributed by atoms with Crippen molar-refractivity contribution >= 4 is 21.8 Å². The minimum atomic E-state index is -4.12. The number of nitrogen functional groups attached to an aromatic ring is 1. The molecule has 0 unspecified atom stereocenters. The Morgan fingerprint density at radius 2 is 2.00 bits per heavy atom. The van der Waals surface area contributed by atoms with Crippen LogP contribution in [0, 0.1) is 18.3 Å². The number of nitrogens with two attached hydrogens (primary N) is 1. The minimum absolute atomic E-state index is 0.0567. The van der Waals surface area contributed by atoms with E-state index in [2.05, 4.69) is 5.10 Å². The maximum Gasteiger partial charge on any atom is 0.360 e. The molecule has 0 atom stereocenters. The zero-order valence-electron chi connectivity index (χ0n) is 12.5. The maximum absolute atomic E-state index is 12.6. The molecule has 1 aromatic heterocycles. The number of ether oxygens (including phenoxy) is 1. The number of nitrogens with zero attached hydrogens (tertiary/aromatic N) is 3. The lowest BCUT2D eigenvalue weighted by Gasteiger charge is -2.06. The van der Waals surface area contributed by atoms with Crippen LogP contribution < -0.4 is 5.73 Å². The molecular formula is C14H14N4O4S. The standard InChI is InChI=1S/C14H14N4O4S/c1-3-22-14(19)12-11(8-15)13(16)18(17-12)23(20,21)10-6-4-9(2)5-7-10/h4-7H,3,16H2,1-2H3. The Hall–Kier alpha value is -2.86. The van der Waals surface area contributed by atoms with E-state index in [4.69, 9.17) is 15.7 Å². The Morgan fingerprint density at radius 1 is 1.39 bits per heavy atom. The third-order valence-corrected chi connectivity index (χ3v) is 4.62. The molecule has 0 amide bonds. The number of carbonyl (C=O) groups is 1. The van der Waals surface area contributed by atoms with E-state index in [1.165, 1.54) is 12.1 Å². The summed E-state index contributed by atoms with van der Waals surface area (Å²) in [5.74, 6) is -1.34. The third kappa shape index (κ3) is 2.89. The minimum Gasteiger partial charge on any atom is -0.461 e. The molecule has 2 rings (SSSR count). The highest BCUT2D eigenvalue weighted by Gasteiger charge is 2.29. The van der Waals surface area contributed by atoms with Gasteiger partial charge in [0.15, 0.2) is 11.5 Å². The molecule has 120 valence electrons. The number of hydrogen-bond donors (Lipinski definition) is 1. The van der Waals surface area contributed by atoms with Crippen LogP contribution in [0.3, 0.4) is 0 Å². The van der Waals surface area contributed by atoms with Crippen molar-refractivity contribution in [2.24, 2.45) is 0 Å². The number of esters is 1. The molecular weight excluding hydrogens is 320 g/mol. The fourth-order valence-electron chi connectivity index (χ4n) is 1.86. The van der Waals surface area contributed by atoms with Gasteiger partial charge in [-0.05, 0) is 26.0 Å². The Morgan fingerprint density at radius 3 is 2.52 bits per heavy atom. The molecule has 2 aromatic rings. The monoisotopic (exact) mass is 334 g/mol. The first kappa shape index (κ1) is 16.5. The fraction of sp³-hybridized carbons (Fsp3) is 0.214. The predicted molar refractivity (Wildman–Crippen MR) is 81.1 cm³/mol. The average molecular weight is 334 g/mol. The first-order valence-corrected chi connectivity index (χ1v) is 8.04. The fourth-order valence-corrected chi connectivity index (χ4v) is 3.08. The van der Waals surface area contributed by atoms with Gasteiger partial charge in [0.05, 0.1) is 11.5 Å². The molecule has 0 saturated heterocycles. The lowest BCUT2D eigenvalue weighted by molar-refractivity contribution is 0.0519. The predicted octanol–water partition coefficient (Wildman–Crippen LogP) is 1.06. The summed E-state index contributed by atoms with van der Waals surface area (Å²) in [6.07, 6.45) is 0. The van der Waals surface area contributed by atoms with Crippen LogP contribution in [-0.4, -0.2) is 30.2 Å². The van der Waals surface area contributed by atoms with Gasteiger partial charge in [-0.2, -0.15) is 13.7 Å². The molecule has 1 aromatic carbocycles. The van der Waals surface area contributed by atoms with Crippen molar-refractivity contribution in [3.8, 4) is 6.07 Å². The van der Waals surface area contributed by atoms with Crippen LogP contribution in [0.15, 0.2) is 29.2 Å². The number of aromatic nitrogens is 2. The molecule has 0 aliphatic heterocycles. The van der Waals surface area contributed by atoms with E-state index in [0.29, 0.717) is 4.09 Å². The van der Waals surface area contributed by atoms with E-state index in [0.717, 1.165) is 5.56 Å². The molecule has 0 aliphatic carbocycles. The molecule has 2 N–H and O–H groups in total. The first-order valence-electron chi connectivity index (χ1n) is 6.60. The van der Waals surface area contributed by atoms with Gasteiger partial charge in [-0.1, -0.05) is 17.7 Å². The highest BCUT2D eigenvalue weighted by molar-refractivity contribution is 7.90. The number of nitriles is 1. The van der Waals surface area contributed by atoms with E-state index >= 15 is 0 Å². The van der Waals surface area contributed by atoms with Gasteiger partial charge in [-0.15, -0.1) is 9.19 Å². The Kier molecular flexibility index (Phi) is 4.38.